The number of amides is 1. The molecule has 8 heteroatoms. The quantitative estimate of drug-likeness (QED) is 0.564. The molecular formula is C21H23N3O4S. The van der Waals surface area contributed by atoms with Crippen LogP contribution in [0.1, 0.15) is 30.0 Å². The Morgan fingerprint density at radius 1 is 1.00 bits per heavy atom. The van der Waals surface area contributed by atoms with Gasteiger partial charge in [0.1, 0.15) is 11.6 Å². The second-order valence-electron chi connectivity index (χ2n) is 6.28. The Labute approximate surface area is 170 Å². The van der Waals surface area contributed by atoms with E-state index < -0.39 is 10.0 Å². The number of benzene rings is 1. The number of anilines is 1. The number of nitrogens with zero attached hydrogens (tertiary/aromatic N) is 3. The van der Waals surface area contributed by atoms with Crippen molar-refractivity contribution >= 4 is 21.7 Å². The maximum atomic E-state index is 13.3. The minimum atomic E-state index is -3.92. The summed E-state index contributed by atoms with van der Waals surface area (Å²) >= 11 is 0. The second kappa shape index (κ2) is 8.91. The SMILES string of the molecule is CCN(CC)C(=O)c1ccc(S(=O)(=O)N(Cc2ccco2)c2ccccn2)cc1. The highest BCUT2D eigenvalue weighted by atomic mass is 32.2. The van der Waals surface area contributed by atoms with Crippen LogP contribution >= 0.6 is 0 Å². The lowest BCUT2D eigenvalue weighted by molar-refractivity contribution is 0.0773. The van der Waals surface area contributed by atoms with Crippen molar-refractivity contribution in [1.29, 1.82) is 0 Å². The van der Waals surface area contributed by atoms with Gasteiger partial charge in [0, 0.05) is 24.8 Å². The largest absolute Gasteiger partial charge is 0.467 e. The number of hydrogen-bond donors (Lipinski definition) is 0. The van der Waals surface area contributed by atoms with Gasteiger partial charge in [0.2, 0.25) is 0 Å². The molecule has 0 fully saturated rings. The Morgan fingerprint density at radius 3 is 2.28 bits per heavy atom. The summed E-state index contributed by atoms with van der Waals surface area (Å²) in [6.45, 7) is 4.99. The van der Waals surface area contributed by atoms with Crippen LogP contribution in [-0.2, 0) is 16.6 Å². The van der Waals surface area contributed by atoms with Crippen LogP contribution in [0.5, 0.6) is 0 Å². The molecule has 0 atom stereocenters. The summed E-state index contributed by atoms with van der Waals surface area (Å²) in [6.07, 6.45) is 3.03. The lowest BCUT2D eigenvalue weighted by atomic mass is 10.2. The van der Waals surface area contributed by atoms with Crippen molar-refractivity contribution in [3.8, 4) is 0 Å². The fraction of sp³-hybridized carbons (Fsp3) is 0.238. The molecule has 0 aliphatic carbocycles. The molecule has 7 nitrogen and oxygen atoms in total. The van der Waals surface area contributed by atoms with E-state index in [0.29, 0.717) is 24.4 Å². The van der Waals surface area contributed by atoms with Crippen LogP contribution in [0.15, 0.2) is 76.4 Å². The summed E-state index contributed by atoms with van der Waals surface area (Å²) < 4.78 is 33.2. The van der Waals surface area contributed by atoms with Crippen LogP contribution in [0.2, 0.25) is 0 Å². The fourth-order valence-electron chi connectivity index (χ4n) is 2.92. The van der Waals surface area contributed by atoms with Gasteiger partial charge >= 0.3 is 0 Å². The summed E-state index contributed by atoms with van der Waals surface area (Å²) in [5.74, 6) is 0.649. The van der Waals surface area contributed by atoms with E-state index in [4.69, 9.17) is 4.42 Å². The number of hydrogen-bond acceptors (Lipinski definition) is 5. The molecule has 0 unspecified atom stereocenters. The first-order valence-corrected chi connectivity index (χ1v) is 10.8. The molecule has 0 saturated carbocycles. The van der Waals surface area contributed by atoms with E-state index >= 15 is 0 Å². The number of pyridine rings is 1. The molecular weight excluding hydrogens is 390 g/mol. The molecule has 0 bridgehead atoms. The molecule has 0 aliphatic heterocycles. The fourth-order valence-corrected chi connectivity index (χ4v) is 4.31. The Hall–Kier alpha value is -3.13. The van der Waals surface area contributed by atoms with Crippen molar-refractivity contribution in [2.75, 3.05) is 17.4 Å². The van der Waals surface area contributed by atoms with Gasteiger partial charge in [-0.2, -0.15) is 0 Å². The van der Waals surface area contributed by atoms with Crippen LogP contribution in [0.3, 0.4) is 0 Å². The predicted molar refractivity (Wildman–Crippen MR) is 110 cm³/mol. The molecule has 0 radical (unpaired) electrons. The molecule has 152 valence electrons. The zero-order valence-corrected chi connectivity index (χ0v) is 17.2. The summed E-state index contributed by atoms with van der Waals surface area (Å²) in [5.41, 5.74) is 0.447. The summed E-state index contributed by atoms with van der Waals surface area (Å²) in [5, 5.41) is 0. The summed E-state index contributed by atoms with van der Waals surface area (Å²) in [7, 11) is -3.92. The van der Waals surface area contributed by atoms with Crippen LogP contribution in [-0.4, -0.2) is 37.3 Å². The van der Waals surface area contributed by atoms with Crippen molar-refractivity contribution < 1.29 is 17.6 Å². The van der Waals surface area contributed by atoms with E-state index in [-0.39, 0.29) is 23.2 Å². The average Bonchev–Trinajstić information content (AvgIpc) is 3.27. The molecule has 3 rings (SSSR count). The first-order chi connectivity index (χ1) is 14.0. The topological polar surface area (TPSA) is 83.7 Å². The van der Waals surface area contributed by atoms with E-state index in [1.807, 2.05) is 13.8 Å². The van der Waals surface area contributed by atoms with Gasteiger partial charge in [-0.25, -0.2) is 17.7 Å². The number of aromatic nitrogens is 1. The first-order valence-electron chi connectivity index (χ1n) is 9.32. The van der Waals surface area contributed by atoms with E-state index in [0.717, 1.165) is 0 Å². The Morgan fingerprint density at radius 2 is 1.72 bits per heavy atom. The average molecular weight is 413 g/mol. The molecule has 29 heavy (non-hydrogen) atoms. The molecule has 1 aromatic carbocycles. The normalized spacial score (nSPS) is 11.2. The third kappa shape index (κ3) is 4.48. The number of carbonyl (C=O) groups excluding carboxylic acids is 1. The van der Waals surface area contributed by atoms with Gasteiger partial charge in [0.05, 0.1) is 17.7 Å². The maximum Gasteiger partial charge on any atom is 0.265 e. The van der Waals surface area contributed by atoms with E-state index in [9.17, 15) is 13.2 Å². The molecule has 2 aromatic heterocycles. The Bertz CT molecular complexity index is 1030. The molecule has 0 aliphatic rings. The molecule has 0 N–H and O–H groups in total. The van der Waals surface area contributed by atoms with Crippen LogP contribution in [0, 0.1) is 0 Å². The molecule has 2 heterocycles. The van der Waals surface area contributed by atoms with Gasteiger partial charge in [0.15, 0.2) is 0 Å². The second-order valence-corrected chi connectivity index (χ2v) is 8.14. The van der Waals surface area contributed by atoms with Crippen molar-refractivity contribution in [3.05, 3.63) is 78.4 Å². The molecule has 0 spiro atoms. The van der Waals surface area contributed by atoms with Gasteiger partial charge in [-0.05, 0) is 62.4 Å². The lowest BCUT2D eigenvalue weighted by Crippen LogP contribution is -2.32. The minimum absolute atomic E-state index is 0.00642. The highest BCUT2D eigenvalue weighted by Gasteiger charge is 2.27. The number of rotatable bonds is 8. The minimum Gasteiger partial charge on any atom is -0.467 e. The van der Waals surface area contributed by atoms with Crippen molar-refractivity contribution in [3.63, 3.8) is 0 Å². The number of sulfonamides is 1. The predicted octanol–water partition coefficient (Wildman–Crippen LogP) is 3.55. The molecule has 3 aromatic rings. The smallest absolute Gasteiger partial charge is 0.265 e. The summed E-state index contributed by atoms with van der Waals surface area (Å²) in [6, 6.07) is 14.4. The number of furan rings is 1. The lowest BCUT2D eigenvalue weighted by Gasteiger charge is -2.23. The Kier molecular flexibility index (Phi) is 6.33. The third-order valence-corrected chi connectivity index (χ3v) is 6.29. The van der Waals surface area contributed by atoms with Crippen LogP contribution in [0.4, 0.5) is 5.82 Å². The van der Waals surface area contributed by atoms with Crippen molar-refractivity contribution in [2.45, 2.75) is 25.3 Å². The van der Waals surface area contributed by atoms with Crippen molar-refractivity contribution in [1.82, 2.24) is 9.88 Å². The maximum absolute atomic E-state index is 13.3. The highest BCUT2D eigenvalue weighted by Crippen LogP contribution is 2.25. The molecule has 0 saturated heterocycles. The van der Waals surface area contributed by atoms with Crippen LogP contribution in [0.25, 0.3) is 0 Å². The monoisotopic (exact) mass is 413 g/mol. The zero-order chi connectivity index (χ0) is 20.9. The van der Waals surface area contributed by atoms with Crippen LogP contribution < -0.4 is 4.31 Å². The van der Waals surface area contributed by atoms with Crippen molar-refractivity contribution in [2.24, 2.45) is 0 Å². The van der Waals surface area contributed by atoms with Gasteiger partial charge < -0.3 is 9.32 Å². The summed E-state index contributed by atoms with van der Waals surface area (Å²) in [4.78, 5) is 18.4. The zero-order valence-electron chi connectivity index (χ0n) is 16.4. The molecule has 1 amide bonds. The first kappa shape index (κ1) is 20.6. The Balaban J connectivity index is 1.94. The van der Waals surface area contributed by atoms with E-state index in [1.165, 1.54) is 41.0 Å². The van der Waals surface area contributed by atoms with Gasteiger partial charge in [-0.3, -0.25) is 4.79 Å². The van der Waals surface area contributed by atoms with Gasteiger partial charge in [-0.1, -0.05) is 6.07 Å². The van der Waals surface area contributed by atoms with E-state index in [1.54, 1.807) is 35.2 Å². The highest BCUT2D eigenvalue weighted by molar-refractivity contribution is 7.92. The van der Waals surface area contributed by atoms with Gasteiger partial charge in [0.25, 0.3) is 15.9 Å². The van der Waals surface area contributed by atoms with E-state index in [2.05, 4.69) is 4.98 Å². The third-order valence-electron chi connectivity index (χ3n) is 4.52. The number of carbonyl (C=O) groups is 1. The van der Waals surface area contributed by atoms with Gasteiger partial charge in [-0.15, -0.1) is 0 Å². The standard InChI is InChI=1S/C21H23N3O4S/c1-3-23(4-2)21(25)17-10-12-19(13-11-17)29(26,27)24(16-18-8-7-15-28-18)20-9-5-6-14-22-20/h5-15H,3-4,16H2,1-2H3.